The second-order valence-corrected chi connectivity index (χ2v) is 4.80. The van der Waals surface area contributed by atoms with E-state index in [0.29, 0.717) is 11.8 Å². The van der Waals surface area contributed by atoms with Crippen LogP contribution in [0.4, 0.5) is 10.1 Å². The van der Waals surface area contributed by atoms with E-state index in [4.69, 9.17) is 12.2 Å². The molecule has 0 saturated heterocycles. The van der Waals surface area contributed by atoms with Crippen molar-refractivity contribution in [3.8, 4) is 0 Å². The summed E-state index contributed by atoms with van der Waals surface area (Å²) in [6.07, 6.45) is 3.49. The summed E-state index contributed by atoms with van der Waals surface area (Å²) in [6, 6.07) is 4.95. The van der Waals surface area contributed by atoms with Crippen molar-refractivity contribution in [1.82, 2.24) is 0 Å². The van der Waals surface area contributed by atoms with Gasteiger partial charge in [0.05, 0.1) is 4.99 Å². The quantitative estimate of drug-likeness (QED) is 0.673. The molecule has 78 valence electrons. The number of fused-ring (bicyclic) bond motifs is 3. The summed E-state index contributed by atoms with van der Waals surface area (Å²) in [7, 11) is 0. The van der Waals surface area contributed by atoms with Gasteiger partial charge in [0.1, 0.15) is 5.82 Å². The summed E-state index contributed by atoms with van der Waals surface area (Å²) in [5.41, 5.74) is 2.12. The third kappa shape index (κ3) is 1.37. The maximum absolute atomic E-state index is 13.2. The number of hydrogen-bond donors (Lipinski definition) is 1. The van der Waals surface area contributed by atoms with Crippen LogP contribution in [0.2, 0.25) is 0 Å². The van der Waals surface area contributed by atoms with Gasteiger partial charge in [0, 0.05) is 11.6 Å². The third-order valence-electron chi connectivity index (χ3n) is 3.52. The van der Waals surface area contributed by atoms with Crippen molar-refractivity contribution in [3.05, 3.63) is 29.6 Å². The third-order valence-corrected chi connectivity index (χ3v) is 3.93. The average Bonchev–Trinajstić information content (AvgIpc) is 2.69. The topological polar surface area (TPSA) is 12.0 Å². The summed E-state index contributed by atoms with van der Waals surface area (Å²) in [5.74, 6) is 0.743. The minimum Gasteiger partial charge on any atom is -0.350 e. The van der Waals surface area contributed by atoms with E-state index in [2.05, 4.69) is 5.32 Å². The first-order valence-electron chi connectivity index (χ1n) is 5.36. The lowest BCUT2D eigenvalue weighted by Crippen LogP contribution is -2.29. The van der Waals surface area contributed by atoms with Crippen molar-refractivity contribution in [3.63, 3.8) is 0 Å². The normalized spacial score (nSPS) is 28.2. The van der Waals surface area contributed by atoms with Gasteiger partial charge >= 0.3 is 0 Å². The second-order valence-electron chi connectivity index (χ2n) is 4.36. The van der Waals surface area contributed by atoms with Crippen molar-refractivity contribution in [1.29, 1.82) is 0 Å². The highest BCUT2D eigenvalue weighted by atomic mass is 32.1. The summed E-state index contributed by atoms with van der Waals surface area (Å²) >= 11 is 5.35. The second kappa shape index (κ2) is 3.27. The zero-order chi connectivity index (χ0) is 10.4. The Hall–Kier alpha value is -0.960. The van der Waals surface area contributed by atoms with Crippen molar-refractivity contribution in [2.75, 3.05) is 5.32 Å². The molecule has 0 spiro atoms. The van der Waals surface area contributed by atoms with Gasteiger partial charge in [-0.25, -0.2) is 4.39 Å². The summed E-state index contributed by atoms with van der Waals surface area (Å²) in [6.45, 7) is 0. The first-order chi connectivity index (χ1) is 7.25. The molecule has 0 amide bonds. The van der Waals surface area contributed by atoms with Gasteiger partial charge in [0.15, 0.2) is 0 Å². The van der Waals surface area contributed by atoms with Crippen LogP contribution in [0, 0.1) is 11.7 Å². The van der Waals surface area contributed by atoms with Crippen LogP contribution in [0.3, 0.4) is 0 Å². The van der Waals surface area contributed by atoms with E-state index in [1.54, 1.807) is 12.1 Å². The first kappa shape index (κ1) is 9.28. The number of nitrogens with one attached hydrogen (secondary N) is 1. The molecule has 0 bridgehead atoms. The van der Waals surface area contributed by atoms with Gasteiger partial charge in [-0.05, 0) is 42.5 Å². The van der Waals surface area contributed by atoms with E-state index in [1.165, 1.54) is 12.5 Å². The maximum Gasteiger partial charge on any atom is 0.123 e. The molecular weight excluding hydrogens is 209 g/mol. The monoisotopic (exact) mass is 221 g/mol. The largest absolute Gasteiger partial charge is 0.350 e. The van der Waals surface area contributed by atoms with Crippen molar-refractivity contribution >= 4 is 22.9 Å². The van der Waals surface area contributed by atoms with Gasteiger partial charge in [-0.3, -0.25) is 0 Å². The maximum atomic E-state index is 13.2. The molecule has 3 heteroatoms. The Labute approximate surface area is 93.7 Å². The molecule has 0 radical (unpaired) electrons. The first-order valence-corrected chi connectivity index (χ1v) is 5.77. The minimum absolute atomic E-state index is 0.144. The number of rotatable bonds is 0. The highest BCUT2D eigenvalue weighted by Gasteiger charge is 2.36. The molecule has 1 saturated carbocycles. The van der Waals surface area contributed by atoms with E-state index in [1.807, 2.05) is 0 Å². The smallest absolute Gasteiger partial charge is 0.123 e. The predicted molar refractivity (Wildman–Crippen MR) is 62.7 cm³/mol. The van der Waals surface area contributed by atoms with Crippen LogP contribution in [0.25, 0.3) is 0 Å². The van der Waals surface area contributed by atoms with Crippen molar-refractivity contribution < 1.29 is 4.39 Å². The van der Waals surface area contributed by atoms with E-state index in [9.17, 15) is 4.39 Å². The van der Waals surface area contributed by atoms with E-state index in [-0.39, 0.29) is 5.82 Å². The molecule has 1 fully saturated rings. The lowest BCUT2D eigenvalue weighted by atomic mass is 9.84. The molecule has 3 rings (SSSR count). The Bertz CT molecular complexity index is 430. The molecule has 0 aromatic heterocycles. The Morgan fingerprint density at radius 2 is 2.07 bits per heavy atom. The highest BCUT2D eigenvalue weighted by molar-refractivity contribution is 7.80. The predicted octanol–water partition coefficient (Wildman–Crippen LogP) is 3.46. The highest BCUT2D eigenvalue weighted by Crippen LogP contribution is 2.46. The lowest BCUT2D eigenvalue weighted by molar-refractivity contribution is 0.596. The zero-order valence-corrected chi connectivity index (χ0v) is 9.11. The minimum atomic E-state index is -0.144. The van der Waals surface area contributed by atoms with E-state index >= 15 is 0 Å². The van der Waals surface area contributed by atoms with Crippen LogP contribution in [0.1, 0.15) is 30.7 Å². The number of hydrogen-bond acceptors (Lipinski definition) is 1. The molecule has 2 aliphatic rings. The van der Waals surface area contributed by atoms with Gasteiger partial charge in [-0.15, -0.1) is 0 Å². The zero-order valence-electron chi connectivity index (χ0n) is 8.29. The Balaban J connectivity index is 2.12. The molecular formula is C12H12FNS. The average molecular weight is 221 g/mol. The van der Waals surface area contributed by atoms with Crippen molar-refractivity contribution in [2.45, 2.75) is 25.2 Å². The van der Waals surface area contributed by atoms with Crippen LogP contribution in [0.15, 0.2) is 18.2 Å². The van der Waals surface area contributed by atoms with Gasteiger partial charge in [0.25, 0.3) is 0 Å². The number of anilines is 1. The Morgan fingerprint density at radius 1 is 1.27 bits per heavy atom. The van der Waals surface area contributed by atoms with Crippen molar-refractivity contribution in [2.24, 2.45) is 5.92 Å². The summed E-state index contributed by atoms with van der Waals surface area (Å²) in [5, 5.41) is 3.22. The van der Waals surface area contributed by atoms with Gasteiger partial charge in [-0.1, -0.05) is 18.6 Å². The molecule has 1 aromatic rings. The molecule has 2 atom stereocenters. The lowest BCUT2D eigenvalue weighted by Gasteiger charge is -2.30. The van der Waals surface area contributed by atoms with Crippen LogP contribution in [-0.4, -0.2) is 4.99 Å². The SMILES string of the molecule is Fc1ccc2c(c1)C1CCCC1C(=S)N2. The molecule has 1 aliphatic heterocycles. The Kier molecular flexibility index (Phi) is 2.02. The van der Waals surface area contributed by atoms with E-state index in [0.717, 1.165) is 29.1 Å². The van der Waals surface area contributed by atoms with Crippen LogP contribution < -0.4 is 5.32 Å². The number of thiocarbonyl (C=S) groups is 1. The molecule has 1 aromatic carbocycles. The molecule has 1 N–H and O–H groups in total. The van der Waals surface area contributed by atoms with Gasteiger partial charge in [-0.2, -0.15) is 0 Å². The molecule has 1 heterocycles. The fourth-order valence-electron chi connectivity index (χ4n) is 2.83. The fraction of sp³-hybridized carbons (Fsp3) is 0.417. The van der Waals surface area contributed by atoms with Crippen LogP contribution >= 0.6 is 12.2 Å². The van der Waals surface area contributed by atoms with Crippen LogP contribution in [0.5, 0.6) is 0 Å². The van der Waals surface area contributed by atoms with E-state index < -0.39 is 0 Å². The standard InChI is InChI=1S/C12H12FNS/c13-7-4-5-11-10(6-7)8-2-1-3-9(8)12(15)14-11/h4-6,8-9H,1-3H2,(H,14,15). The molecule has 1 nitrogen and oxygen atoms in total. The van der Waals surface area contributed by atoms with Gasteiger partial charge < -0.3 is 5.32 Å². The molecule has 2 unspecified atom stereocenters. The number of benzene rings is 1. The fourth-order valence-corrected chi connectivity index (χ4v) is 3.22. The van der Waals surface area contributed by atoms with Crippen LogP contribution in [-0.2, 0) is 0 Å². The summed E-state index contributed by atoms with van der Waals surface area (Å²) in [4.78, 5) is 0.941. The Morgan fingerprint density at radius 3 is 2.93 bits per heavy atom. The molecule has 1 aliphatic carbocycles. The number of halogens is 1. The van der Waals surface area contributed by atoms with Gasteiger partial charge in [0.2, 0.25) is 0 Å². The summed E-state index contributed by atoms with van der Waals surface area (Å²) < 4.78 is 13.2. The molecule has 15 heavy (non-hydrogen) atoms.